The molecule has 5 nitrogen and oxygen atoms in total. The molecule has 0 aliphatic rings. The minimum absolute atomic E-state index is 0.0687. The van der Waals surface area contributed by atoms with Crippen LogP contribution in [0, 0.1) is 0 Å². The molecule has 0 rings (SSSR count). The normalized spacial score (nSPS) is 9.79. The lowest BCUT2D eigenvalue weighted by Crippen LogP contribution is -2.24. The summed E-state index contributed by atoms with van der Waals surface area (Å²) in [5.41, 5.74) is 0. The molecule has 0 heterocycles. The van der Waals surface area contributed by atoms with Gasteiger partial charge in [-0.25, -0.2) is 0 Å². The Morgan fingerprint density at radius 3 is 2.29 bits per heavy atom. The van der Waals surface area contributed by atoms with Crippen molar-refractivity contribution in [1.82, 2.24) is 5.32 Å². The molecule has 0 aromatic heterocycles. The number of unbranched alkanes of at least 4 members (excludes halogenated alkanes) is 1. The van der Waals surface area contributed by atoms with E-state index in [9.17, 15) is 9.59 Å². The van der Waals surface area contributed by atoms with Gasteiger partial charge in [0.25, 0.3) is 0 Å². The Hall–Kier alpha value is -1.10. The van der Waals surface area contributed by atoms with Gasteiger partial charge in [-0.15, -0.1) is 0 Å². The number of carboxylic acid groups (broad SMARTS) is 1. The Labute approximate surface area is 83.1 Å². The average Bonchev–Trinajstić information content (AvgIpc) is 2.13. The molecular weight excluding hydrogens is 186 g/mol. The number of rotatable bonds is 8. The summed E-state index contributed by atoms with van der Waals surface area (Å²) in [6.07, 6.45) is 2.16. The fourth-order valence-corrected chi connectivity index (χ4v) is 0.957. The summed E-state index contributed by atoms with van der Waals surface area (Å²) in [6, 6.07) is 0. The van der Waals surface area contributed by atoms with E-state index < -0.39 is 5.97 Å². The van der Waals surface area contributed by atoms with E-state index in [1.165, 1.54) is 0 Å². The molecule has 0 radical (unpaired) electrons. The fraction of sp³-hybridized carbons (Fsp3) is 0.778. The fourth-order valence-electron chi connectivity index (χ4n) is 0.957. The van der Waals surface area contributed by atoms with Crippen LogP contribution in [0.4, 0.5) is 0 Å². The summed E-state index contributed by atoms with van der Waals surface area (Å²) >= 11 is 0. The minimum Gasteiger partial charge on any atom is -0.481 e. The van der Waals surface area contributed by atoms with Gasteiger partial charge in [-0.3, -0.25) is 9.59 Å². The standard InChI is InChI=1S/C9H17NO4/c11-7-3-6-10-8(12)4-1-2-5-9(13)14/h11H,1-7H2,(H,10,12)(H,13,14). The zero-order valence-corrected chi connectivity index (χ0v) is 8.16. The molecule has 0 fully saturated rings. The van der Waals surface area contributed by atoms with Gasteiger partial charge in [-0.05, 0) is 19.3 Å². The molecular formula is C9H17NO4. The van der Waals surface area contributed by atoms with Crippen LogP contribution in [-0.2, 0) is 9.59 Å². The zero-order valence-electron chi connectivity index (χ0n) is 8.16. The molecule has 1 amide bonds. The molecule has 0 aliphatic heterocycles. The van der Waals surface area contributed by atoms with E-state index in [0.29, 0.717) is 32.2 Å². The van der Waals surface area contributed by atoms with E-state index in [2.05, 4.69) is 5.32 Å². The first-order chi connectivity index (χ1) is 6.66. The van der Waals surface area contributed by atoms with Crippen molar-refractivity contribution in [2.45, 2.75) is 32.1 Å². The molecule has 0 atom stereocenters. The minimum atomic E-state index is -0.828. The molecule has 14 heavy (non-hydrogen) atoms. The lowest BCUT2D eigenvalue weighted by atomic mass is 10.2. The number of carbonyl (C=O) groups excluding carboxylic acids is 1. The van der Waals surface area contributed by atoms with Crippen LogP contribution in [0.25, 0.3) is 0 Å². The third-order valence-electron chi connectivity index (χ3n) is 1.70. The van der Waals surface area contributed by atoms with E-state index in [0.717, 1.165) is 0 Å². The van der Waals surface area contributed by atoms with Crippen LogP contribution in [0.15, 0.2) is 0 Å². The molecule has 0 saturated carbocycles. The van der Waals surface area contributed by atoms with Gasteiger partial charge in [0.15, 0.2) is 0 Å². The van der Waals surface area contributed by atoms with Crippen LogP contribution in [-0.4, -0.2) is 35.2 Å². The molecule has 0 saturated heterocycles. The molecule has 0 unspecified atom stereocenters. The van der Waals surface area contributed by atoms with Crippen molar-refractivity contribution in [2.75, 3.05) is 13.2 Å². The number of hydrogen-bond acceptors (Lipinski definition) is 3. The quantitative estimate of drug-likeness (QED) is 0.489. The maximum absolute atomic E-state index is 11.0. The van der Waals surface area contributed by atoms with Crippen molar-refractivity contribution in [2.24, 2.45) is 0 Å². The number of amides is 1. The van der Waals surface area contributed by atoms with Gasteiger partial charge in [0.1, 0.15) is 0 Å². The van der Waals surface area contributed by atoms with Crippen molar-refractivity contribution >= 4 is 11.9 Å². The first-order valence-electron chi connectivity index (χ1n) is 4.76. The van der Waals surface area contributed by atoms with Gasteiger partial charge in [0.05, 0.1) is 0 Å². The topological polar surface area (TPSA) is 86.6 Å². The SMILES string of the molecule is O=C(O)CCCCC(=O)NCCCO. The summed E-state index contributed by atoms with van der Waals surface area (Å²) < 4.78 is 0. The van der Waals surface area contributed by atoms with Crippen LogP contribution >= 0.6 is 0 Å². The molecule has 0 aromatic carbocycles. The number of aliphatic hydroxyl groups is 1. The highest BCUT2D eigenvalue weighted by Crippen LogP contribution is 1.99. The third-order valence-corrected chi connectivity index (χ3v) is 1.70. The number of carbonyl (C=O) groups is 2. The maximum atomic E-state index is 11.0. The molecule has 0 bridgehead atoms. The Balaban J connectivity index is 3.22. The summed E-state index contributed by atoms with van der Waals surface area (Å²) in [6.45, 7) is 0.549. The summed E-state index contributed by atoms with van der Waals surface area (Å²) in [5.74, 6) is -0.908. The number of aliphatic hydroxyl groups excluding tert-OH is 1. The van der Waals surface area contributed by atoms with Crippen LogP contribution in [0.1, 0.15) is 32.1 Å². The van der Waals surface area contributed by atoms with Crippen molar-refractivity contribution in [3.05, 3.63) is 0 Å². The van der Waals surface area contributed by atoms with E-state index in [1.807, 2.05) is 0 Å². The van der Waals surface area contributed by atoms with Gasteiger partial charge in [-0.2, -0.15) is 0 Å². The number of carboxylic acids is 1. The predicted octanol–water partition coefficient (Wildman–Crippen LogP) is 0.130. The van der Waals surface area contributed by atoms with Gasteiger partial charge in [0.2, 0.25) is 5.91 Å². The van der Waals surface area contributed by atoms with Gasteiger partial charge < -0.3 is 15.5 Å². The van der Waals surface area contributed by atoms with Gasteiger partial charge >= 0.3 is 5.97 Å². The first-order valence-corrected chi connectivity index (χ1v) is 4.76. The maximum Gasteiger partial charge on any atom is 0.303 e. The Kier molecular flexibility index (Phi) is 7.83. The summed E-state index contributed by atoms with van der Waals surface area (Å²) in [7, 11) is 0. The molecule has 3 N–H and O–H groups in total. The van der Waals surface area contributed by atoms with Crippen LogP contribution < -0.4 is 5.32 Å². The molecule has 82 valence electrons. The smallest absolute Gasteiger partial charge is 0.303 e. The number of aliphatic carboxylic acids is 1. The Morgan fingerprint density at radius 2 is 1.71 bits per heavy atom. The van der Waals surface area contributed by atoms with Crippen molar-refractivity contribution < 1.29 is 19.8 Å². The Bertz CT molecular complexity index is 182. The zero-order chi connectivity index (χ0) is 10.8. The number of hydrogen-bond donors (Lipinski definition) is 3. The third kappa shape index (κ3) is 8.99. The second-order valence-corrected chi connectivity index (χ2v) is 3.03. The number of nitrogens with one attached hydrogen (secondary N) is 1. The lowest BCUT2D eigenvalue weighted by molar-refractivity contribution is -0.137. The highest BCUT2D eigenvalue weighted by atomic mass is 16.4. The molecule has 5 heteroatoms. The predicted molar refractivity (Wildman–Crippen MR) is 50.8 cm³/mol. The molecule has 0 aromatic rings. The van der Waals surface area contributed by atoms with Crippen LogP contribution in [0.5, 0.6) is 0 Å². The van der Waals surface area contributed by atoms with E-state index in [-0.39, 0.29) is 18.9 Å². The van der Waals surface area contributed by atoms with E-state index in [1.54, 1.807) is 0 Å². The van der Waals surface area contributed by atoms with Gasteiger partial charge in [-0.1, -0.05) is 0 Å². The van der Waals surface area contributed by atoms with Crippen molar-refractivity contribution in [3.8, 4) is 0 Å². The second-order valence-electron chi connectivity index (χ2n) is 3.03. The second kappa shape index (κ2) is 8.50. The lowest BCUT2D eigenvalue weighted by Gasteiger charge is -2.02. The molecule has 0 spiro atoms. The monoisotopic (exact) mass is 203 g/mol. The summed E-state index contributed by atoms with van der Waals surface area (Å²) in [4.78, 5) is 21.1. The highest BCUT2D eigenvalue weighted by Gasteiger charge is 2.01. The van der Waals surface area contributed by atoms with Crippen molar-refractivity contribution in [3.63, 3.8) is 0 Å². The average molecular weight is 203 g/mol. The summed E-state index contributed by atoms with van der Waals surface area (Å²) in [5, 5.41) is 19.4. The van der Waals surface area contributed by atoms with Crippen LogP contribution in [0.3, 0.4) is 0 Å². The first kappa shape index (κ1) is 12.9. The van der Waals surface area contributed by atoms with E-state index >= 15 is 0 Å². The van der Waals surface area contributed by atoms with Crippen LogP contribution in [0.2, 0.25) is 0 Å². The van der Waals surface area contributed by atoms with Crippen molar-refractivity contribution in [1.29, 1.82) is 0 Å². The highest BCUT2D eigenvalue weighted by molar-refractivity contribution is 5.75. The largest absolute Gasteiger partial charge is 0.481 e. The molecule has 0 aliphatic carbocycles. The van der Waals surface area contributed by atoms with Gasteiger partial charge in [0, 0.05) is 26.0 Å². The van der Waals surface area contributed by atoms with E-state index in [4.69, 9.17) is 10.2 Å². The Morgan fingerprint density at radius 1 is 1.07 bits per heavy atom.